The van der Waals surface area contributed by atoms with Crippen molar-refractivity contribution in [2.75, 3.05) is 12.4 Å². The van der Waals surface area contributed by atoms with Crippen LogP contribution in [-0.4, -0.2) is 22.0 Å². The maximum absolute atomic E-state index is 11.6. The first-order valence-corrected chi connectivity index (χ1v) is 7.72. The van der Waals surface area contributed by atoms with Gasteiger partial charge in [0.25, 0.3) is 0 Å². The zero-order valence-corrected chi connectivity index (χ0v) is 14.2. The third-order valence-corrected chi connectivity index (χ3v) is 3.56. The summed E-state index contributed by atoms with van der Waals surface area (Å²) in [5.74, 6) is 0.951. The normalized spacial score (nSPS) is 10.2. The first-order valence-electron chi connectivity index (χ1n) is 7.72. The van der Waals surface area contributed by atoms with Crippen LogP contribution in [0.3, 0.4) is 0 Å². The van der Waals surface area contributed by atoms with Crippen LogP contribution in [0.15, 0.2) is 54.9 Å². The molecule has 26 heavy (non-hydrogen) atoms. The molecule has 0 unspecified atom stereocenters. The van der Waals surface area contributed by atoms with Gasteiger partial charge in [0.05, 0.1) is 12.0 Å². The quantitative estimate of drug-likeness (QED) is 0.523. The second-order valence-corrected chi connectivity index (χ2v) is 5.40. The van der Waals surface area contributed by atoms with Gasteiger partial charge in [0.2, 0.25) is 5.82 Å². The minimum atomic E-state index is -0.574. The minimum absolute atomic E-state index is 0.0531. The van der Waals surface area contributed by atoms with Crippen LogP contribution in [0.2, 0.25) is 0 Å². The molecule has 2 aromatic carbocycles. The van der Waals surface area contributed by atoms with Crippen LogP contribution in [0, 0.1) is 17.0 Å². The molecule has 0 aliphatic carbocycles. The van der Waals surface area contributed by atoms with E-state index in [1.54, 1.807) is 31.4 Å². The number of ether oxygens (including phenoxy) is 2. The Morgan fingerprint density at radius 3 is 2.27 bits per heavy atom. The highest BCUT2D eigenvalue weighted by Crippen LogP contribution is 2.35. The Labute approximate surface area is 149 Å². The van der Waals surface area contributed by atoms with E-state index in [1.165, 1.54) is 6.33 Å². The molecule has 0 radical (unpaired) electrons. The fraction of sp³-hybridized carbons (Fsp3) is 0.111. The van der Waals surface area contributed by atoms with Crippen molar-refractivity contribution in [2.24, 2.45) is 0 Å². The molecule has 1 heterocycles. The van der Waals surface area contributed by atoms with Gasteiger partial charge in [0, 0.05) is 5.69 Å². The van der Waals surface area contributed by atoms with Crippen molar-refractivity contribution in [1.29, 1.82) is 0 Å². The van der Waals surface area contributed by atoms with Gasteiger partial charge in [-0.1, -0.05) is 17.7 Å². The number of nitrogens with zero attached hydrogens (tertiary/aromatic N) is 3. The number of benzene rings is 2. The summed E-state index contributed by atoms with van der Waals surface area (Å²) in [6, 6.07) is 14.1. The number of nitrogens with one attached hydrogen (secondary N) is 1. The molecule has 0 saturated heterocycles. The van der Waals surface area contributed by atoms with Gasteiger partial charge in [-0.05, 0) is 43.3 Å². The Morgan fingerprint density at radius 1 is 1.00 bits per heavy atom. The molecule has 1 aromatic heterocycles. The number of aromatic nitrogens is 2. The molecule has 0 bridgehead atoms. The summed E-state index contributed by atoms with van der Waals surface area (Å²) in [5, 5.41) is 14.5. The summed E-state index contributed by atoms with van der Waals surface area (Å²) in [6.07, 6.45) is 1.21. The fourth-order valence-corrected chi connectivity index (χ4v) is 2.22. The van der Waals surface area contributed by atoms with E-state index in [-0.39, 0.29) is 17.4 Å². The minimum Gasteiger partial charge on any atom is -0.497 e. The molecule has 0 saturated carbocycles. The molecule has 0 amide bonds. The van der Waals surface area contributed by atoms with Crippen molar-refractivity contribution in [3.8, 4) is 17.4 Å². The summed E-state index contributed by atoms with van der Waals surface area (Å²) < 4.78 is 10.7. The first kappa shape index (κ1) is 17.2. The number of hydrogen-bond donors (Lipinski definition) is 1. The molecule has 3 rings (SSSR count). The number of hydrogen-bond acceptors (Lipinski definition) is 7. The molecular formula is C18H16N4O4. The van der Waals surface area contributed by atoms with Gasteiger partial charge in [0.1, 0.15) is 17.8 Å². The summed E-state index contributed by atoms with van der Waals surface area (Å²) in [6.45, 7) is 1.96. The van der Waals surface area contributed by atoms with Crippen LogP contribution in [0.25, 0.3) is 0 Å². The average Bonchev–Trinajstić information content (AvgIpc) is 2.64. The monoisotopic (exact) mass is 352 g/mol. The van der Waals surface area contributed by atoms with Crippen molar-refractivity contribution in [1.82, 2.24) is 9.97 Å². The van der Waals surface area contributed by atoms with Crippen LogP contribution in [0.5, 0.6) is 17.4 Å². The van der Waals surface area contributed by atoms with E-state index in [4.69, 9.17) is 9.47 Å². The topological polar surface area (TPSA) is 99.4 Å². The summed E-state index contributed by atoms with van der Waals surface area (Å²) in [7, 11) is 1.55. The van der Waals surface area contributed by atoms with Gasteiger partial charge in [-0.25, -0.2) is 4.98 Å². The Morgan fingerprint density at radius 2 is 1.65 bits per heavy atom. The number of rotatable bonds is 6. The fourth-order valence-electron chi connectivity index (χ4n) is 2.22. The Kier molecular flexibility index (Phi) is 4.93. The Hall–Kier alpha value is -3.68. The summed E-state index contributed by atoms with van der Waals surface area (Å²) in [5.41, 5.74) is 1.41. The lowest BCUT2D eigenvalue weighted by atomic mass is 10.2. The number of aryl methyl sites for hydroxylation is 1. The van der Waals surface area contributed by atoms with Crippen molar-refractivity contribution in [3.05, 3.63) is 70.5 Å². The smallest absolute Gasteiger partial charge is 0.373 e. The molecule has 0 fully saturated rings. The predicted octanol–water partition coefficient (Wildman–Crippen LogP) is 4.24. The molecule has 8 heteroatoms. The van der Waals surface area contributed by atoms with Gasteiger partial charge in [-0.15, -0.1) is 0 Å². The number of nitro groups is 1. The van der Waals surface area contributed by atoms with Crippen molar-refractivity contribution in [2.45, 2.75) is 6.92 Å². The maximum atomic E-state index is 11.6. The van der Waals surface area contributed by atoms with Crippen molar-refractivity contribution in [3.63, 3.8) is 0 Å². The van der Waals surface area contributed by atoms with Crippen molar-refractivity contribution < 1.29 is 14.4 Å². The molecule has 3 aromatic rings. The molecule has 0 aliphatic heterocycles. The lowest BCUT2D eigenvalue weighted by Crippen LogP contribution is -2.03. The Balaban J connectivity index is 1.92. The Bertz CT molecular complexity index is 911. The molecule has 132 valence electrons. The third kappa shape index (κ3) is 3.86. The van der Waals surface area contributed by atoms with Gasteiger partial charge in [0.15, 0.2) is 0 Å². The molecule has 1 N–H and O–H groups in total. The second-order valence-electron chi connectivity index (χ2n) is 5.40. The number of anilines is 2. The highest BCUT2D eigenvalue weighted by molar-refractivity contribution is 5.68. The van der Waals surface area contributed by atoms with Crippen LogP contribution in [0.4, 0.5) is 17.2 Å². The maximum Gasteiger partial charge on any atom is 0.373 e. The van der Waals surface area contributed by atoms with E-state index in [2.05, 4.69) is 15.3 Å². The largest absolute Gasteiger partial charge is 0.497 e. The zero-order valence-electron chi connectivity index (χ0n) is 14.2. The SMILES string of the molecule is COc1ccc(Oc2ncnc(Nc3ccc(C)cc3)c2[N+](=O)[O-])cc1. The van der Waals surface area contributed by atoms with E-state index < -0.39 is 4.92 Å². The highest BCUT2D eigenvalue weighted by atomic mass is 16.6. The van der Waals surface area contributed by atoms with Crippen LogP contribution in [0.1, 0.15) is 5.56 Å². The van der Waals surface area contributed by atoms with Gasteiger partial charge >= 0.3 is 11.6 Å². The molecule has 0 aliphatic rings. The first-order chi connectivity index (χ1) is 12.6. The lowest BCUT2D eigenvalue weighted by Gasteiger charge is -2.10. The van der Waals surface area contributed by atoms with E-state index >= 15 is 0 Å². The second kappa shape index (κ2) is 7.47. The summed E-state index contributed by atoms with van der Waals surface area (Å²) >= 11 is 0. The molecular weight excluding hydrogens is 336 g/mol. The number of methoxy groups -OCH3 is 1. The van der Waals surface area contributed by atoms with Gasteiger partial charge in [-0.3, -0.25) is 10.1 Å². The van der Waals surface area contributed by atoms with E-state index in [0.29, 0.717) is 17.2 Å². The zero-order chi connectivity index (χ0) is 18.5. The van der Waals surface area contributed by atoms with Crippen LogP contribution >= 0.6 is 0 Å². The lowest BCUT2D eigenvalue weighted by molar-refractivity contribution is -0.385. The molecule has 8 nitrogen and oxygen atoms in total. The van der Waals surface area contributed by atoms with E-state index in [9.17, 15) is 10.1 Å². The standard InChI is InChI=1S/C18H16N4O4/c1-12-3-5-13(6-4-12)21-17-16(22(23)24)18(20-11-19-17)26-15-9-7-14(25-2)8-10-15/h3-11H,1-2H3,(H,19,20,21). The molecule has 0 spiro atoms. The van der Waals surface area contributed by atoms with E-state index in [1.807, 2.05) is 31.2 Å². The molecule has 0 atom stereocenters. The van der Waals surface area contributed by atoms with Crippen molar-refractivity contribution >= 4 is 17.2 Å². The van der Waals surface area contributed by atoms with Gasteiger partial charge in [-0.2, -0.15) is 4.98 Å². The van der Waals surface area contributed by atoms with Crippen LogP contribution < -0.4 is 14.8 Å². The predicted molar refractivity (Wildman–Crippen MR) is 96.2 cm³/mol. The van der Waals surface area contributed by atoms with Crippen LogP contribution in [-0.2, 0) is 0 Å². The summed E-state index contributed by atoms with van der Waals surface area (Å²) in [4.78, 5) is 18.9. The highest BCUT2D eigenvalue weighted by Gasteiger charge is 2.25. The average molecular weight is 352 g/mol. The van der Waals surface area contributed by atoms with Gasteiger partial charge < -0.3 is 14.8 Å². The van der Waals surface area contributed by atoms with E-state index in [0.717, 1.165) is 5.56 Å². The third-order valence-electron chi connectivity index (χ3n) is 3.56.